The van der Waals surface area contributed by atoms with Crippen LogP contribution in [0.4, 0.5) is 0 Å². The van der Waals surface area contributed by atoms with E-state index in [4.69, 9.17) is 9.15 Å². The summed E-state index contributed by atoms with van der Waals surface area (Å²) >= 11 is 0. The lowest BCUT2D eigenvalue weighted by Gasteiger charge is -2.46. The Balaban J connectivity index is 1.45. The first kappa shape index (κ1) is 20.0. The number of hydrogen-bond donors (Lipinski definition) is 1. The van der Waals surface area contributed by atoms with Crippen LogP contribution in [0, 0.1) is 6.92 Å². The van der Waals surface area contributed by atoms with Crippen LogP contribution in [-0.4, -0.2) is 35.5 Å². The summed E-state index contributed by atoms with van der Waals surface area (Å²) < 4.78 is 12.3. The molecule has 1 amide bonds. The highest BCUT2D eigenvalue weighted by atomic mass is 16.5. The summed E-state index contributed by atoms with van der Waals surface area (Å²) in [7, 11) is 0. The van der Waals surface area contributed by atoms with Crippen LogP contribution in [0.1, 0.15) is 62.5 Å². The number of likely N-dealkylation sites (tertiary alicyclic amines) is 1. The Morgan fingerprint density at radius 2 is 1.97 bits per heavy atom. The molecule has 1 aromatic carbocycles. The average Bonchev–Trinajstić information content (AvgIpc) is 3.08. The quantitative estimate of drug-likeness (QED) is 0.814. The van der Waals surface area contributed by atoms with Gasteiger partial charge in [0.15, 0.2) is 0 Å². The zero-order valence-electron chi connectivity index (χ0n) is 17.7. The Morgan fingerprint density at radius 3 is 2.66 bits per heavy atom. The van der Waals surface area contributed by atoms with Crippen molar-refractivity contribution in [3.05, 3.63) is 53.5 Å². The molecule has 0 aliphatic carbocycles. The molecule has 156 valence electrons. The number of ether oxygens (including phenoxy) is 1. The van der Waals surface area contributed by atoms with Gasteiger partial charge in [-0.1, -0.05) is 18.2 Å². The van der Waals surface area contributed by atoms with E-state index in [1.54, 1.807) is 0 Å². The number of para-hydroxylation sites is 1. The van der Waals surface area contributed by atoms with E-state index in [1.165, 1.54) is 5.56 Å². The summed E-state index contributed by atoms with van der Waals surface area (Å²) in [6.07, 6.45) is 3.38. The first-order chi connectivity index (χ1) is 13.9. The van der Waals surface area contributed by atoms with Gasteiger partial charge in [-0.05, 0) is 63.8 Å². The molecule has 1 saturated heterocycles. The molecule has 3 heterocycles. The number of hydrogen-bond acceptors (Lipinski definition) is 4. The van der Waals surface area contributed by atoms with E-state index in [9.17, 15) is 4.79 Å². The van der Waals surface area contributed by atoms with Gasteiger partial charge in [-0.25, -0.2) is 0 Å². The molecule has 1 fully saturated rings. The van der Waals surface area contributed by atoms with Gasteiger partial charge in [0.1, 0.15) is 22.9 Å². The number of piperidine rings is 1. The highest BCUT2D eigenvalue weighted by molar-refractivity contribution is 5.77. The molecule has 5 nitrogen and oxygen atoms in total. The van der Waals surface area contributed by atoms with Gasteiger partial charge in [0.25, 0.3) is 0 Å². The minimum Gasteiger partial charge on any atom is -0.487 e. The van der Waals surface area contributed by atoms with Crippen molar-refractivity contribution in [3.63, 3.8) is 0 Å². The Hall–Kier alpha value is -2.27. The number of carbonyl (C=O) groups excluding carboxylic acids is 1. The molecule has 2 aliphatic rings. The maximum Gasteiger partial charge on any atom is 0.220 e. The first-order valence-electron chi connectivity index (χ1n) is 10.8. The van der Waals surface area contributed by atoms with Crippen molar-refractivity contribution in [3.8, 4) is 5.75 Å². The van der Waals surface area contributed by atoms with E-state index in [2.05, 4.69) is 28.4 Å². The van der Waals surface area contributed by atoms with Crippen LogP contribution in [0.25, 0.3) is 0 Å². The highest BCUT2D eigenvalue weighted by Gasteiger charge is 2.43. The number of nitrogens with zero attached hydrogens (tertiary/aromatic N) is 1. The van der Waals surface area contributed by atoms with Gasteiger partial charge in [-0.15, -0.1) is 0 Å². The fraction of sp³-hybridized carbons (Fsp3) is 0.542. The van der Waals surface area contributed by atoms with E-state index in [-0.39, 0.29) is 23.5 Å². The van der Waals surface area contributed by atoms with Crippen LogP contribution < -0.4 is 10.1 Å². The molecule has 5 heteroatoms. The molecule has 0 saturated carbocycles. The number of amides is 1. The lowest BCUT2D eigenvalue weighted by atomic mass is 9.76. The predicted octanol–water partition coefficient (Wildman–Crippen LogP) is 4.40. The van der Waals surface area contributed by atoms with Gasteiger partial charge in [0, 0.05) is 31.5 Å². The van der Waals surface area contributed by atoms with Crippen molar-refractivity contribution in [2.24, 2.45) is 0 Å². The standard InChI is InChI=1S/C24H32N2O3/c1-17(2)25-23(27)14-19-15-24(29-22-7-5-4-6-21(19)22)10-12-26(13-11-24)16-20-9-8-18(3)28-20/h4-9,17,19H,10-16H2,1-3H3,(H,25,27)/t19-/m1/s1. The summed E-state index contributed by atoms with van der Waals surface area (Å²) in [6, 6.07) is 12.5. The minimum atomic E-state index is -0.174. The number of carbonyl (C=O) groups is 1. The number of aryl methyl sites for hydroxylation is 1. The number of benzene rings is 1. The van der Waals surface area contributed by atoms with Crippen LogP contribution in [0.3, 0.4) is 0 Å². The van der Waals surface area contributed by atoms with Crippen molar-refractivity contribution in [2.75, 3.05) is 13.1 Å². The molecule has 4 rings (SSSR count). The normalized spacial score (nSPS) is 21.0. The molecule has 0 unspecified atom stereocenters. The van der Waals surface area contributed by atoms with Gasteiger partial charge in [-0.2, -0.15) is 0 Å². The third-order valence-corrected chi connectivity index (χ3v) is 6.13. The second-order valence-corrected chi connectivity index (χ2v) is 8.94. The third-order valence-electron chi connectivity index (χ3n) is 6.13. The SMILES string of the molecule is Cc1ccc(CN2CCC3(CC2)C[C@@H](CC(=O)NC(C)C)c2ccccc2O3)o1. The summed E-state index contributed by atoms with van der Waals surface area (Å²) in [5.41, 5.74) is 0.998. The molecule has 29 heavy (non-hydrogen) atoms. The molecule has 1 N–H and O–H groups in total. The Kier molecular flexibility index (Phi) is 5.68. The number of fused-ring (bicyclic) bond motifs is 1. The lowest BCUT2D eigenvalue weighted by Crippen LogP contribution is -2.50. The van der Waals surface area contributed by atoms with Crippen molar-refractivity contribution >= 4 is 5.91 Å². The average molecular weight is 397 g/mol. The molecule has 0 radical (unpaired) electrons. The highest BCUT2D eigenvalue weighted by Crippen LogP contribution is 2.46. The van der Waals surface area contributed by atoms with Crippen LogP contribution in [0.15, 0.2) is 40.8 Å². The molecule has 2 aromatic rings. The fourth-order valence-corrected chi connectivity index (χ4v) is 4.75. The number of nitrogens with one attached hydrogen (secondary N) is 1. The first-order valence-corrected chi connectivity index (χ1v) is 10.8. The molecule has 0 bridgehead atoms. The maximum atomic E-state index is 12.5. The van der Waals surface area contributed by atoms with Gasteiger partial charge in [-0.3, -0.25) is 9.69 Å². The minimum absolute atomic E-state index is 0.127. The topological polar surface area (TPSA) is 54.7 Å². The van der Waals surface area contributed by atoms with Gasteiger partial charge >= 0.3 is 0 Å². The van der Waals surface area contributed by atoms with E-state index >= 15 is 0 Å². The second-order valence-electron chi connectivity index (χ2n) is 8.94. The summed E-state index contributed by atoms with van der Waals surface area (Å²) in [6.45, 7) is 8.80. The van der Waals surface area contributed by atoms with Crippen molar-refractivity contribution in [2.45, 2.75) is 70.6 Å². The molecule has 2 aliphatic heterocycles. The summed E-state index contributed by atoms with van der Waals surface area (Å²) in [5.74, 6) is 3.27. The van der Waals surface area contributed by atoms with E-state index in [1.807, 2.05) is 39.0 Å². The predicted molar refractivity (Wildman–Crippen MR) is 113 cm³/mol. The Labute approximate surface area is 173 Å². The van der Waals surface area contributed by atoms with Crippen LogP contribution in [-0.2, 0) is 11.3 Å². The van der Waals surface area contributed by atoms with E-state index in [0.29, 0.717) is 6.42 Å². The lowest BCUT2D eigenvalue weighted by molar-refractivity contribution is -0.122. The second kappa shape index (κ2) is 8.23. The summed E-state index contributed by atoms with van der Waals surface area (Å²) in [4.78, 5) is 14.9. The van der Waals surface area contributed by atoms with E-state index < -0.39 is 0 Å². The third kappa shape index (κ3) is 4.67. The van der Waals surface area contributed by atoms with E-state index in [0.717, 1.165) is 56.2 Å². The number of furan rings is 1. The van der Waals surface area contributed by atoms with Crippen molar-refractivity contribution in [1.82, 2.24) is 10.2 Å². The monoisotopic (exact) mass is 396 g/mol. The Bertz CT molecular complexity index is 849. The van der Waals surface area contributed by atoms with Gasteiger partial charge < -0.3 is 14.5 Å². The molecular weight excluding hydrogens is 364 g/mol. The zero-order valence-corrected chi connectivity index (χ0v) is 17.7. The van der Waals surface area contributed by atoms with Crippen LogP contribution >= 0.6 is 0 Å². The van der Waals surface area contributed by atoms with Crippen LogP contribution in [0.2, 0.25) is 0 Å². The van der Waals surface area contributed by atoms with Crippen molar-refractivity contribution in [1.29, 1.82) is 0 Å². The van der Waals surface area contributed by atoms with Gasteiger partial charge in [0.05, 0.1) is 6.54 Å². The molecule has 1 atom stereocenters. The smallest absolute Gasteiger partial charge is 0.220 e. The fourth-order valence-electron chi connectivity index (χ4n) is 4.75. The molecular formula is C24H32N2O3. The van der Waals surface area contributed by atoms with Gasteiger partial charge in [0.2, 0.25) is 5.91 Å². The summed E-state index contributed by atoms with van der Waals surface area (Å²) in [5, 5.41) is 3.05. The maximum absolute atomic E-state index is 12.5. The molecule has 1 spiro atoms. The molecule has 1 aromatic heterocycles. The van der Waals surface area contributed by atoms with Crippen molar-refractivity contribution < 1.29 is 13.9 Å². The zero-order chi connectivity index (χ0) is 20.4. The number of rotatable bonds is 5. The largest absolute Gasteiger partial charge is 0.487 e. The Morgan fingerprint density at radius 1 is 1.21 bits per heavy atom. The van der Waals surface area contributed by atoms with Crippen LogP contribution in [0.5, 0.6) is 5.75 Å².